The fraction of sp³-hybridized carbons (Fsp3) is 0.812. The first-order valence-electron chi connectivity index (χ1n) is 8.33. The zero-order valence-corrected chi connectivity index (χ0v) is 13.6. The Kier molecular flexibility index (Phi) is 4.61. The van der Waals surface area contributed by atoms with Gasteiger partial charge in [0.25, 0.3) is 0 Å². The fourth-order valence-corrected chi connectivity index (χ4v) is 4.42. The van der Waals surface area contributed by atoms with E-state index in [1.54, 1.807) is 0 Å². The highest BCUT2D eigenvalue weighted by molar-refractivity contribution is 7.15. The molecule has 3 nitrogen and oxygen atoms in total. The molecule has 1 aromatic heterocycles. The highest BCUT2D eigenvalue weighted by Gasteiger charge is 2.32. The molecule has 4 heteroatoms. The maximum atomic E-state index is 4.99. The van der Waals surface area contributed by atoms with E-state index in [0.717, 1.165) is 12.6 Å². The molecule has 1 aromatic rings. The Balaban J connectivity index is 1.78. The molecule has 0 aromatic carbocycles. The molecular formula is C16H27N3S. The summed E-state index contributed by atoms with van der Waals surface area (Å²) in [6, 6.07) is 1.34. The summed E-state index contributed by atoms with van der Waals surface area (Å²) in [6.45, 7) is 6.81. The van der Waals surface area contributed by atoms with Gasteiger partial charge < -0.3 is 10.2 Å². The molecule has 3 rings (SSSR count). The van der Waals surface area contributed by atoms with Gasteiger partial charge in [0.1, 0.15) is 0 Å². The minimum absolute atomic E-state index is 0.563. The fourth-order valence-electron chi connectivity index (χ4n) is 3.10. The predicted molar refractivity (Wildman–Crippen MR) is 86.7 cm³/mol. The SMILES string of the molecule is CCCNC1CCCc2nc(N(CCC)C3CC3)sc21. The van der Waals surface area contributed by atoms with E-state index in [2.05, 4.69) is 24.1 Å². The van der Waals surface area contributed by atoms with Gasteiger partial charge in [-0.2, -0.15) is 0 Å². The molecule has 1 N–H and O–H groups in total. The average molecular weight is 293 g/mol. The van der Waals surface area contributed by atoms with E-state index in [4.69, 9.17) is 4.98 Å². The zero-order valence-electron chi connectivity index (χ0n) is 12.8. The van der Waals surface area contributed by atoms with Crippen molar-refractivity contribution in [2.75, 3.05) is 18.0 Å². The van der Waals surface area contributed by atoms with Gasteiger partial charge in [-0.3, -0.25) is 0 Å². The predicted octanol–water partition coefficient (Wildman–Crippen LogP) is 3.90. The van der Waals surface area contributed by atoms with Crippen LogP contribution in [0, 0.1) is 0 Å². The van der Waals surface area contributed by atoms with Gasteiger partial charge >= 0.3 is 0 Å². The number of nitrogens with zero attached hydrogens (tertiary/aromatic N) is 2. The van der Waals surface area contributed by atoms with Crippen LogP contribution in [-0.2, 0) is 6.42 Å². The second kappa shape index (κ2) is 6.44. The van der Waals surface area contributed by atoms with Gasteiger partial charge in [-0.1, -0.05) is 25.2 Å². The summed E-state index contributed by atoms with van der Waals surface area (Å²) >= 11 is 1.96. The van der Waals surface area contributed by atoms with E-state index in [9.17, 15) is 0 Å². The summed E-state index contributed by atoms with van der Waals surface area (Å²) in [5.74, 6) is 0. The van der Waals surface area contributed by atoms with Gasteiger partial charge in [-0.15, -0.1) is 0 Å². The minimum atomic E-state index is 0.563. The lowest BCUT2D eigenvalue weighted by atomic mass is 9.98. The largest absolute Gasteiger partial charge is 0.345 e. The Bertz CT molecular complexity index is 439. The summed E-state index contributed by atoms with van der Waals surface area (Å²) in [5.41, 5.74) is 1.38. The van der Waals surface area contributed by atoms with Crippen LogP contribution in [0.5, 0.6) is 0 Å². The smallest absolute Gasteiger partial charge is 0.186 e. The first kappa shape index (κ1) is 14.3. The van der Waals surface area contributed by atoms with Crippen LogP contribution in [0.2, 0.25) is 0 Å². The zero-order chi connectivity index (χ0) is 13.9. The van der Waals surface area contributed by atoms with Crippen LogP contribution in [0.3, 0.4) is 0 Å². The van der Waals surface area contributed by atoms with E-state index < -0.39 is 0 Å². The Morgan fingerprint density at radius 3 is 2.80 bits per heavy atom. The van der Waals surface area contributed by atoms with E-state index in [-0.39, 0.29) is 0 Å². The second-order valence-corrected chi connectivity index (χ2v) is 7.14. The third-order valence-corrected chi connectivity index (χ3v) is 5.53. The number of aromatic nitrogens is 1. The molecule has 0 amide bonds. The van der Waals surface area contributed by atoms with Crippen LogP contribution in [0.4, 0.5) is 5.13 Å². The third-order valence-electron chi connectivity index (χ3n) is 4.28. The van der Waals surface area contributed by atoms with Gasteiger partial charge in [0.05, 0.1) is 5.69 Å². The number of fused-ring (bicyclic) bond motifs is 1. The molecule has 1 fully saturated rings. The number of anilines is 1. The number of thiazole rings is 1. The first-order valence-corrected chi connectivity index (χ1v) is 9.14. The van der Waals surface area contributed by atoms with Gasteiger partial charge in [-0.05, 0) is 51.5 Å². The van der Waals surface area contributed by atoms with E-state index >= 15 is 0 Å². The van der Waals surface area contributed by atoms with Crippen molar-refractivity contribution in [3.8, 4) is 0 Å². The molecule has 1 atom stereocenters. The summed E-state index contributed by atoms with van der Waals surface area (Å²) in [5, 5.41) is 5.00. The van der Waals surface area contributed by atoms with Crippen LogP contribution >= 0.6 is 11.3 Å². The second-order valence-electron chi connectivity index (χ2n) is 6.13. The number of rotatable bonds is 7. The Morgan fingerprint density at radius 1 is 1.25 bits per heavy atom. The van der Waals surface area contributed by atoms with Crippen molar-refractivity contribution >= 4 is 16.5 Å². The van der Waals surface area contributed by atoms with Crippen LogP contribution in [-0.4, -0.2) is 24.1 Å². The quantitative estimate of drug-likeness (QED) is 0.826. The maximum absolute atomic E-state index is 4.99. The van der Waals surface area contributed by atoms with E-state index in [1.807, 2.05) is 11.3 Å². The van der Waals surface area contributed by atoms with Crippen LogP contribution in [0.25, 0.3) is 0 Å². The van der Waals surface area contributed by atoms with Crippen molar-refractivity contribution in [2.45, 2.75) is 70.9 Å². The lowest BCUT2D eigenvalue weighted by molar-refractivity contribution is 0.464. The molecule has 0 aliphatic heterocycles. The summed E-state index contributed by atoms with van der Waals surface area (Å²) in [4.78, 5) is 9.09. The maximum Gasteiger partial charge on any atom is 0.186 e. The van der Waals surface area contributed by atoms with E-state index in [1.165, 1.54) is 67.2 Å². The van der Waals surface area contributed by atoms with Gasteiger partial charge in [-0.25, -0.2) is 4.98 Å². The van der Waals surface area contributed by atoms with Crippen LogP contribution in [0.15, 0.2) is 0 Å². The molecule has 0 radical (unpaired) electrons. The minimum Gasteiger partial charge on any atom is -0.345 e. The Morgan fingerprint density at radius 2 is 2.10 bits per heavy atom. The summed E-state index contributed by atoms with van der Waals surface area (Å²) in [7, 11) is 0. The van der Waals surface area contributed by atoms with Crippen molar-refractivity contribution in [3.05, 3.63) is 10.6 Å². The van der Waals surface area contributed by atoms with Crippen molar-refractivity contribution in [1.82, 2.24) is 10.3 Å². The molecular weight excluding hydrogens is 266 g/mol. The van der Waals surface area contributed by atoms with E-state index in [0.29, 0.717) is 6.04 Å². The highest BCUT2D eigenvalue weighted by Crippen LogP contribution is 2.40. The summed E-state index contributed by atoms with van der Waals surface area (Å²) < 4.78 is 0. The molecule has 20 heavy (non-hydrogen) atoms. The molecule has 2 aliphatic rings. The molecule has 0 saturated heterocycles. The summed E-state index contributed by atoms with van der Waals surface area (Å²) in [6.07, 6.45) is 8.91. The van der Waals surface area contributed by atoms with Gasteiger partial charge in [0.15, 0.2) is 5.13 Å². The number of hydrogen-bond acceptors (Lipinski definition) is 4. The number of aryl methyl sites for hydroxylation is 1. The molecule has 2 aliphatic carbocycles. The van der Waals surface area contributed by atoms with Crippen molar-refractivity contribution in [1.29, 1.82) is 0 Å². The molecule has 1 saturated carbocycles. The Hall–Kier alpha value is -0.610. The van der Waals surface area contributed by atoms with Crippen LogP contribution in [0.1, 0.15) is 69.0 Å². The van der Waals surface area contributed by atoms with Crippen LogP contribution < -0.4 is 10.2 Å². The lowest BCUT2D eigenvalue weighted by Crippen LogP contribution is -2.26. The monoisotopic (exact) mass is 293 g/mol. The molecule has 0 spiro atoms. The van der Waals surface area contributed by atoms with Crippen molar-refractivity contribution in [3.63, 3.8) is 0 Å². The molecule has 112 valence electrons. The topological polar surface area (TPSA) is 28.2 Å². The lowest BCUT2D eigenvalue weighted by Gasteiger charge is -2.22. The van der Waals surface area contributed by atoms with Crippen molar-refractivity contribution < 1.29 is 0 Å². The molecule has 1 heterocycles. The normalized spacial score (nSPS) is 21.8. The van der Waals surface area contributed by atoms with Gasteiger partial charge in [0, 0.05) is 23.5 Å². The standard InChI is InChI=1S/C16H27N3S/c1-3-10-17-13-6-5-7-14-15(13)20-16(18-14)19(11-4-2)12-8-9-12/h12-13,17H,3-11H2,1-2H3. The van der Waals surface area contributed by atoms with Crippen molar-refractivity contribution in [2.24, 2.45) is 0 Å². The first-order chi connectivity index (χ1) is 9.83. The number of hydrogen-bond donors (Lipinski definition) is 1. The highest BCUT2D eigenvalue weighted by atomic mass is 32.1. The van der Waals surface area contributed by atoms with Gasteiger partial charge in [0.2, 0.25) is 0 Å². The molecule has 1 unspecified atom stereocenters. The Labute approximate surface area is 126 Å². The number of nitrogens with one attached hydrogen (secondary N) is 1. The third kappa shape index (κ3) is 3.01. The molecule has 0 bridgehead atoms. The average Bonchev–Trinajstić information content (AvgIpc) is 3.20.